The minimum atomic E-state index is 0.760. The van der Waals surface area contributed by atoms with E-state index in [2.05, 4.69) is 17.1 Å². The zero-order chi connectivity index (χ0) is 7.84. The smallest absolute Gasteiger partial charge is 0.0690 e. The molecule has 1 radical (unpaired) electrons. The lowest BCUT2D eigenvalue weighted by Crippen LogP contribution is -1.84. The van der Waals surface area contributed by atoms with Crippen molar-refractivity contribution >= 4 is 16.6 Å². The first kappa shape index (κ1) is 6.28. The maximum absolute atomic E-state index is 5.71. The highest BCUT2D eigenvalue weighted by molar-refractivity contribution is 5.90. The van der Waals surface area contributed by atoms with Gasteiger partial charge in [0.05, 0.1) is 11.2 Å². The summed E-state index contributed by atoms with van der Waals surface area (Å²) in [7, 11) is 0. The largest absolute Gasteiger partial charge is 0.397 e. The Kier molecular flexibility index (Phi) is 1.15. The Bertz CT molecular complexity index is 387. The van der Waals surface area contributed by atoms with Crippen molar-refractivity contribution in [3.8, 4) is 0 Å². The fourth-order valence-corrected chi connectivity index (χ4v) is 1.26. The standard InChI is InChI=1S/C9H9N2/c1-6-5-7-3-2-4-8(10)9(7)11-6/h3-5,11H,10H2,1H3. The molecule has 0 aliphatic rings. The summed E-state index contributed by atoms with van der Waals surface area (Å²) in [6, 6.07) is 8.73. The van der Waals surface area contributed by atoms with Crippen molar-refractivity contribution in [2.24, 2.45) is 0 Å². The second-order valence-electron chi connectivity index (χ2n) is 2.69. The Morgan fingerprint density at radius 2 is 2.27 bits per heavy atom. The molecule has 0 aliphatic carbocycles. The monoisotopic (exact) mass is 145 g/mol. The predicted molar refractivity (Wildman–Crippen MR) is 46.3 cm³/mol. The lowest BCUT2D eigenvalue weighted by Gasteiger charge is -1.92. The quantitative estimate of drug-likeness (QED) is 0.546. The molecule has 0 spiro atoms. The maximum Gasteiger partial charge on any atom is 0.0690 e. The molecule has 2 rings (SSSR count). The van der Waals surface area contributed by atoms with E-state index in [9.17, 15) is 0 Å². The van der Waals surface area contributed by atoms with Gasteiger partial charge in [-0.25, -0.2) is 0 Å². The molecule has 3 N–H and O–H groups in total. The number of nitrogens with one attached hydrogen (secondary N) is 1. The molecule has 0 saturated heterocycles. The summed E-state index contributed by atoms with van der Waals surface area (Å²) in [4.78, 5) is 3.18. The van der Waals surface area contributed by atoms with E-state index in [4.69, 9.17) is 5.73 Å². The minimum Gasteiger partial charge on any atom is -0.397 e. The molecule has 0 aliphatic heterocycles. The second kappa shape index (κ2) is 2.02. The molecule has 0 amide bonds. The van der Waals surface area contributed by atoms with Gasteiger partial charge in [-0.1, -0.05) is 0 Å². The summed E-state index contributed by atoms with van der Waals surface area (Å²) < 4.78 is 0. The molecule has 0 fully saturated rings. The molecule has 2 heteroatoms. The van der Waals surface area contributed by atoms with Crippen LogP contribution in [-0.2, 0) is 0 Å². The highest BCUT2D eigenvalue weighted by atomic mass is 14.7. The van der Waals surface area contributed by atoms with Crippen LogP contribution in [0.15, 0.2) is 18.2 Å². The van der Waals surface area contributed by atoms with Gasteiger partial charge in [0.2, 0.25) is 0 Å². The first-order valence-corrected chi connectivity index (χ1v) is 3.52. The van der Waals surface area contributed by atoms with E-state index in [1.165, 1.54) is 0 Å². The number of nitrogens with two attached hydrogens (primary N) is 1. The third-order valence-electron chi connectivity index (χ3n) is 1.75. The summed E-state index contributed by atoms with van der Waals surface area (Å²) >= 11 is 0. The first-order valence-electron chi connectivity index (χ1n) is 3.52. The van der Waals surface area contributed by atoms with Crippen LogP contribution < -0.4 is 5.73 Å². The SMILES string of the molecule is Cc1cc2c[c]cc(N)c2[nH]1. The number of hydrogen-bond donors (Lipinski definition) is 2. The highest BCUT2D eigenvalue weighted by Gasteiger charge is 1.98. The van der Waals surface area contributed by atoms with Crippen molar-refractivity contribution < 1.29 is 0 Å². The van der Waals surface area contributed by atoms with Crippen LogP contribution in [0.2, 0.25) is 0 Å². The molecule has 0 bridgehead atoms. The number of aromatic amines is 1. The summed E-state index contributed by atoms with van der Waals surface area (Å²) in [5, 5.41) is 1.13. The summed E-state index contributed by atoms with van der Waals surface area (Å²) in [5.41, 5.74) is 8.61. The van der Waals surface area contributed by atoms with Gasteiger partial charge in [0.1, 0.15) is 0 Å². The summed E-state index contributed by atoms with van der Waals surface area (Å²) in [6.45, 7) is 2.01. The van der Waals surface area contributed by atoms with Gasteiger partial charge in [-0.15, -0.1) is 0 Å². The normalized spacial score (nSPS) is 10.6. The molecule has 11 heavy (non-hydrogen) atoms. The van der Waals surface area contributed by atoms with Gasteiger partial charge in [0.15, 0.2) is 0 Å². The van der Waals surface area contributed by atoms with Gasteiger partial charge in [0.25, 0.3) is 0 Å². The average molecular weight is 145 g/mol. The number of fused-ring (bicyclic) bond motifs is 1. The highest BCUT2D eigenvalue weighted by Crippen LogP contribution is 2.19. The van der Waals surface area contributed by atoms with Crippen molar-refractivity contribution in [2.75, 3.05) is 5.73 Å². The topological polar surface area (TPSA) is 41.8 Å². The Morgan fingerprint density at radius 1 is 1.45 bits per heavy atom. The molecule has 2 nitrogen and oxygen atoms in total. The van der Waals surface area contributed by atoms with E-state index in [1.807, 2.05) is 13.0 Å². The zero-order valence-electron chi connectivity index (χ0n) is 6.31. The molecular formula is C9H9N2. The fourth-order valence-electron chi connectivity index (χ4n) is 1.26. The number of H-pyrrole nitrogens is 1. The van der Waals surface area contributed by atoms with Crippen molar-refractivity contribution in [1.29, 1.82) is 0 Å². The maximum atomic E-state index is 5.71. The molecule has 1 aromatic heterocycles. The van der Waals surface area contributed by atoms with E-state index in [-0.39, 0.29) is 0 Å². The average Bonchev–Trinajstić information content (AvgIpc) is 2.31. The summed E-state index contributed by atoms with van der Waals surface area (Å²) in [5.74, 6) is 0. The number of hydrogen-bond acceptors (Lipinski definition) is 1. The molecule has 0 saturated carbocycles. The van der Waals surface area contributed by atoms with Crippen LogP contribution in [0.1, 0.15) is 5.69 Å². The Morgan fingerprint density at radius 3 is 3.00 bits per heavy atom. The molecular weight excluding hydrogens is 136 g/mol. The predicted octanol–water partition coefficient (Wildman–Crippen LogP) is 1.86. The van der Waals surface area contributed by atoms with Crippen LogP contribution in [0, 0.1) is 13.0 Å². The Hall–Kier alpha value is -1.44. The summed E-state index contributed by atoms with van der Waals surface area (Å²) in [6.07, 6.45) is 0. The van der Waals surface area contributed by atoms with Crippen molar-refractivity contribution in [3.63, 3.8) is 0 Å². The third kappa shape index (κ3) is 0.871. The van der Waals surface area contributed by atoms with Crippen LogP contribution >= 0.6 is 0 Å². The van der Waals surface area contributed by atoms with Crippen LogP contribution in [-0.4, -0.2) is 4.98 Å². The first-order chi connectivity index (χ1) is 5.27. The molecule has 55 valence electrons. The Labute approximate surface area is 65.0 Å². The Balaban J connectivity index is 2.90. The third-order valence-corrected chi connectivity index (χ3v) is 1.75. The number of benzene rings is 1. The van der Waals surface area contributed by atoms with Gasteiger partial charge < -0.3 is 10.7 Å². The van der Waals surface area contributed by atoms with E-state index >= 15 is 0 Å². The lowest BCUT2D eigenvalue weighted by molar-refractivity contribution is 1.30. The minimum absolute atomic E-state index is 0.760. The van der Waals surface area contributed by atoms with Gasteiger partial charge in [0, 0.05) is 11.1 Å². The number of anilines is 1. The van der Waals surface area contributed by atoms with Crippen molar-refractivity contribution in [2.45, 2.75) is 6.92 Å². The van der Waals surface area contributed by atoms with Gasteiger partial charge >= 0.3 is 0 Å². The van der Waals surface area contributed by atoms with Crippen LogP contribution in [0.5, 0.6) is 0 Å². The van der Waals surface area contributed by atoms with Crippen molar-refractivity contribution in [3.05, 3.63) is 30.0 Å². The number of aromatic nitrogens is 1. The molecule has 1 heterocycles. The van der Waals surface area contributed by atoms with E-state index in [0.29, 0.717) is 0 Å². The van der Waals surface area contributed by atoms with E-state index in [0.717, 1.165) is 22.3 Å². The fraction of sp³-hybridized carbons (Fsp3) is 0.111. The van der Waals surface area contributed by atoms with Gasteiger partial charge in [-0.2, -0.15) is 0 Å². The van der Waals surface area contributed by atoms with Gasteiger partial charge in [-0.05, 0) is 31.2 Å². The lowest BCUT2D eigenvalue weighted by atomic mass is 10.2. The molecule has 2 aromatic rings. The number of aryl methyl sites for hydroxylation is 1. The van der Waals surface area contributed by atoms with Crippen LogP contribution in [0.3, 0.4) is 0 Å². The second-order valence-corrected chi connectivity index (χ2v) is 2.69. The van der Waals surface area contributed by atoms with Crippen molar-refractivity contribution in [1.82, 2.24) is 4.98 Å². The van der Waals surface area contributed by atoms with Gasteiger partial charge in [-0.3, -0.25) is 0 Å². The number of rotatable bonds is 0. The number of nitrogen functional groups attached to an aromatic ring is 1. The van der Waals surface area contributed by atoms with Crippen LogP contribution in [0.4, 0.5) is 5.69 Å². The van der Waals surface area contributed by atoms with E-state index < -0.39 is 0 Å². The molecule has 1 aromatic carbocycles. The van der Waals surface area contributed by atoms with E-state index in [1.54, 1.807) is 6.07 Å². The molecule has 0 unspecified atom stereocenters. The van der Waals surface area contributed by atoms with Crippen LogP contribution in [0.25, 0.3) is 10.9 Å². The molecule has 0 atom stereocenters. The zero-order valence-corrected chi connectivity index (χ0v) is 6.31.